The summed E-state index contributed by atoms with van der Waals surface area (Å²) in [4.78, 5) is 42.7. The van der Waals surface area contributed by atoms with Crippen molar-refractivity contribution >= 4 is 27.8 Å². The number of amides is 2. The average molecular weight is 749 g/mol. The Kier molecular flexibility index (Phi) is 15.0. The number of methoxy groups -OCH3 is 1. The number of benzene rings is 2. The van der Waals surface area contributed by atoms with Gasteiger partial charge in [0, 0.05) is 36.5 Å². The van der Waals surface area contributed by atoms with Crippen LogP contribution < -0.4 is 20.1 Å². The van der Waals surface area contributed by atoms with Crippen molar-refractivity contribution in [2.75, 3.05) is 26.8 Å². The van der Waals surface area contributed by atoms with E-state index in [1.165, 1.54) is 24.1 Å². The van der Waals surface area contributed by atoms with Crippen LogP contribution in [-0.2, 0) is 50.0 Å². The van der Waals surface area contributed by atoms with E-state index in [-0.39, 0.29) is 29.4 Å². The predicted octanol–water partition coefficient (Wildman–Crippen LogP) is 5.71. The lowest BCUT2D eigenvalue weighted by Gasteiger charge is -2.20. The molecule has 0 fully saturated rings. The smallest absolute Gasteiger partial charge is 0.325 e. The molecule has 2 amide bonds. The summed E-state index contributed by atoms with van der Waals surface area (Å²) in [6.45, 7) is 10.4. The minimum atomic E-state index is -4.22. The number of fused-ring (bicyclic) bond motifs is 1. The van der Waals surface area contributed by atoms with Crippen LogP contribution in [0.4, 0.5) is 0 Å². The van der Waals surface area contributed by atoms with E-state index in [4.69, 9.17) is 14.5 Å². The van der Waals surface area contributed by atoms with Crippen LogP contribution >= 0.6 is 0 Å². The normalized spacial score (nSPS) is 13.5. The van der Waals surface area contributed by atoms with Gasteiger partial charge >= 0.3 is 5.97 Å². The second-order valence-corrected chi connectivity index (χ2v) is 16.7. The minimum Gasteiger partial charge on any atom is -0.494 e. The maximum absolute atomic E-state index is 13.6. The zero-order valence-electron chi connectivity index (χ0n) is 32.1. The van der Waals surface area contributed by atoms with Gasteiger partial charge in [-0.1, -0.05) is 39.0 Å². The molecule has 0 saturated carbocycles. The number of carbonyl (C=O) groups is 3. The summed E-state index contributed by atoms with van der Waals surface area (Å²) in [5, 5.41) is 5.60. The van der Waals surface area contributed by atoms with Gasteiger partial charge in [-0.05, 0) is 130 Å². The number of hydrogen-bond acceptors (Lipinski definition) is 8. The third kappa shape index (κ3) is 13.0. The number of nitrogens with zero attached hydrogens (tertiary/aromatic N) is 1. The van der Waals surface area contributed by atoms with E-state index in [0.29, 0.717) is 41.8 Å². The van der Waals surface area contributed by atoms with Crippen molar-refractivity contribution in [2.45, 2.75) is 110 Å². The number of aromatic nitrogens is 1. The van der Waals surface area contributed by atoms with Crippen molar-refractivity contribution in [3.8, 4) is 5.75 Å². The van der Waals surface area contributed by atoms with Gasteiger partial charge in [-0.15, -0.1) is 0 Å². The summed E-state index contributed by atoms with van der Waals surface area (Å²) in [5.41, 5.74) is 6.15. The number of pyridine rings is 1. The van der Waals surface area contributed by atoms with E-state index in [9.17, 15) is 22.8 Å². The zero-order chi connectivity index (χ0) is 38.6. The van der Waals surface area contributed by atoms with Crippen LogP contribution in [0.2, 0.25) is 0 Å². The fourth-order valence-corrected chi connectivity index (χ4v) is 8.13. The first kappa shape index (κ1) is 41.5. The molecule has 3 N–H and O–H groups in total. The van der Waals surface area contributed by atoms with Crippen molar-refractivity contribution in [3.05, 3.63) is 87.7 Å². The van der Waals surface area contributed by atoms with Gasteiger partial charge in [0.25, 0.3) is 5.91 Å². The Balaban J connectivity index is 1.27. The number of nitrogens with one attached hydrogen (secondary N) is 3. The molecule has 288 valence electrons. The molecule has 2 aromatic carbocycles. The largest absolute Gasteiger partial charge is 0.494 e. The summed E-state index contributed by atoms with van der Waals surface area (Å²) >= 11 is 0. The monoisotopic (exact) mass is 748 g/mol. The first-order chi connectivity index (χ1) is 25.1. The average Bonchev–Trinajstić information content (AvgIpc) is 3.11. The Morgan fingerprint density at radius 3 is 2.28 bits per heavy atom. The quantitative estimate of drug-likeness (QED) is 0.111. The van der Waals surface area contributed by atoms with Crippen LogP contribution in [0, 0.1) is 19.3 Å². The molecule has 0 unspecified atom stereocenters. The van der Waals surface area contributed by atoms with Crippen molar-refractivity contribution in [3.63, 3.8) is 0 Å². The number of hydrogen-bond donors (Lipinski definition) is 3. The van der Waals surface area contributed by atoms with Crippen LogP contribution in [-0.4, -0.2) is 64.0 Å². The fourth-order valence-electron chi connectivity index (χ4n) is 6.50. The number of rotatable bonds is 18. The van der Waals surface area contributed by atoms with Crippen LogP contribution in [0.15, 0.2) is 53.4 Å². The minimum absolute atomic E-state index is 0.000824. The highest BCUT2D eigenvalue weighted by atomic mass is 32.2. The molecule has 1 aliphatic carbocycles. The molecule has 3 aromatic rings. The van der Waals surface area contributed by atoms with Crippen LogP contribution in [0.1, 0.15) is 103 Å². The highest BCUT2D eigenvalue weighted by Gasteiger charge is 2.29. The molecule has 53 heavy (non-hydrogen) atoms. The standard InChI is InChI=1S/C41H56N4O7S/c1-28-25-34(52-24-9-13-37(46)42-23-10-22-41(3,4)5)26-29(2)38(28)53(49,50)45-36(40(48)51-6)27-43-39(47)32-17-14-30(15-18-32)16-20-33-21-19-31-11-7-8-12-35(31)44-33/h14-15,17-19,21,25-26,36,45H,7-13,16,20,22-24,27H2,1-6H3,(H,42,46)(H,43,47)/t36-/m0/s1. The molecule has 11 nitrogen and oxygen atoms in total. The number of aryl methyl sites for hydroxylation is 6. The highest BCUT2D eigenvalue weighted by Crippen LogP contribution is 2.27. The van der Waals surface area contributed by atoms with Crippen molar-refractivity contribution < 1.29 is 32.3 Å². The van der Waals surface area contributed by atoms with E-state index in [1.54, 1.807) is 38.1 Å². The first-order valence-electron chi connectivity index (χ1n) is 18.6. The van der Waals surface area contributed by atoms with Crippen molar-refractivity contribution in [1.82, 2.24) is 20.3 Å². The van der Waals surface area contributed by atoms with E-state index in [1.807, 2.05) is 12.1 Å². The summed E-state index contributed by atoms with van der Waals surface area (Å²) < 4.78 is 40.3. The maximum atomic E-state index is 13.6. The van der Waals surface area contributed by atoms with E-state index in [2.05, 4.69) is 48.3 Å². The Labute approximate surface area is 315 Å². The third-order valence-electron chi connectivity index (χ3n) is 9.32. The highest BCUT2D eigenvalue weighted by molar-refractivity contribution is 7.89. The maximum Gasteiger partial charge on any atom is 0.325 e. The predicted molar refractivity (Wildman–Crippen MR) is 206 cm³/mol. The van der Waals surface area contributed by atoms with Crippen molar-refractivity contribution in [2.24, 2.45) is 5.41 Å². The van der Waals surface area contributed by atoms with Gasteiger partial charge in [0.15, 0.2) is 0 Å². The van der Waals surface area contributed by atoms with Gasteiger partial charge in [-0.2, -0.15) is 4.72 Å². The molecule has 0 bridgehead atoms. The lowest BCUT2D eigenvalue weighted by molar-refractivity contribution is -0.142. The van der Waals surface area contributed by atoms with Crippen molar-refractivity contribution in [1.29, 1.82) is 0 Å². The summed E-state index contributed by atoms with van der Waals surface area (Å²) in [6, 6.07) is 13.3. The number of sulfonamides is 1. The molecule has 1 aliphatic rings. The van der Waals surface area contributed by atoms with Gasteiger partial charge in [0.05, 0.1) is 18.6 Å². The molecule has 0 spiro atoms. The van der Waals surface area contributed by atoms with Gasteiger partial charge in [-0.3, -0.25) is 19.4 Å². The molecular weight excluding hydrogens is 693 g/mol. The summed E-state index contributed by atoms with van der Waals surface area (Å²) in [5.74, 6) is -0.842. The molecule has 4 rings (SSSR count). The summed E-state index contributed by atoms with van der Waals surface area (Å²) in [6.07, 6.45) is 8.92. The second kappa shape index (κ2) is 19.2. The number of carbonyl (C=O) groups excluding carboxylic acids is 3. The van der Waals surface area contributed by atoms with E-state index in [0.717, 1.165) is 56.9 Å². The SMILES string of the molecule is COC(=O)[C@H](CNC(=O)c1ccc(CCc2ccc3c(n2)CCCC3)cc1)NS(=O)(=O)c1c(C)cc(OCCCC(=O)NCCCC(C)(C)C)cc1C. The zero-order valence-corrected chi connectivity index (χ0v) is 32.9. The lowest BCUT2D eigenvalue weighted by atomic mass is 9.91. The Bertz CT molecular complexity index is 1810. The molecule has 12 heteroatoms. The second-order valence-electron chi connectivity index (χ2n) is 15.1. The molecule has 1 aromatic heterocycles. The molecule has 0 aliphatic heterocycles. The number of ether oxygens (including phenoxy) is 2. The van der Waals surface area contributed by atoms with E-state index < -0.39 is 27.9 Å². The van der Waals surface area contributed by atoms with Crippen LogP contribution in [0.25, 0.3) is 0 Å². The van der Waals surface area contributed by atoms with E-state index >= 15 is 0 Å². The van der Waals surface area contributed by atoms with Gasteiger partial charge < -0.3 is 20.1 Å². The Hall–Kier alpha value is -4.29. The summed E-state index contributed by atoms with van der Waals surface area (Å²) in [7, 11) is -3.06. The first-order valence-corrected chi connectivity index (χ1v) is 20.1. The Morgan fingerprint density at radius 1 is 0.906 bits per heavy atom. The van der Waals surface area contributed by atoms with Gasteiger partial charge in [0.1, 0.15) is 11.8 Å². The topological polar surface area (TPSA) is 153 Å². The third-order valence-corrected chi connectivity index (χ3v) is 11.1. The lowest BCUT2D eigenvalue weighted by Crippen LogP contribution is -2.49. The van der Waals surface area contributed by atoms with Crippen LogP contribution in [0.5, 0.6) is 5.75 Å². The van der Waals surface area contributed by atoms with Gasteiger partial charge in [0.2, 0.25) is 15.9 Å². The molecule has 1 atom stereocenters. The van der Waals surface area contributed by atoms with Gasteiger partial charge in [-0.25, -0.2) is 8.42 Å². The molecule has 0 radical (unpaired) electrons. The number of esters is 1. The molecular formula is C41H56N4O7S. The fraction of sp³-hybridized carbons (Fsp3) is 0.512. The van der Waals surface area contributed by atoms with Crippen LogP contribution in [0.3, 0.4) is 0 Å². The molecule has 0 saturated heterocycles. The molecule has 1 heterocycles. The Morgan fingerprint density at radius 2 is 1.60 bits per heavy atom.